The van der Waals surface area contributed by atoms with Crippen LogP contribution in [-0.4, -0.2) is 45.2 Å². The summed E-state index contributed by atoms with van der Waals surface area (Å²) in [5.41, 5.74) is -0.890. The number of ether oxygens (including phenoxy) is 1. The number of benzene rings is 1. The highest BCUT2D eigenvalue weighted by molar-refractivity contribution is 9.10. The van der Waals surface area contributed by atoms with Crippen molar-refractivity contribution in [2.24, 2.45) is 0 Å². The summed E-state index contributed by atoms with van der Waals surface area (Å²) in [5, 5.41) is 0.242. The van der Waals surface area contributed by atoms with Crippen molar-refractivity contribution in [2.45, 2.75) is 44.8 Å². The largest absolute Gasteiger partial charge is 0.444 e. The molecule has 1 atom stereocenters. The summed E-state index contributed by atoms with van der Waals surface area (Å²) in [7, 11) is 0. The number of piperidine rings is 1. The van der Waals surface area contributed by atoms with Crippen LogP contribution in [0.1, 0.15) is 33.2 Å². The molecule has 1 unspecified atom stereocenters. The standard InChI is InChI=1S/C18H20BrF2N3O3/c1-17(2,3)27-16(26)23-7-6-18(20,21)14(9-23)24-10-22-13-8-11(19)4-5-12(13)15(24)25/h4-5,8,10,14H,6-7,9H2,1-3H3. The van der Waals surface area contributed by atoms with E-state index in [1.807, 2.05) is 0 Å². The number of carbonyl (C=O) groups excluding carboxylic acids is 1. The Balaban J connectivity index is 1.97. The predicted molar refractivity (Wildman–Crippen MR) is 100 cm³/mol. The van der Waals surface area contributed by atoms with Gasteiger partial charge in [0, 0.05) is 17.4 Å². The van der Waals surface area contributed by atoms with E-state index in [0.717, 1.165) is 15.4 Å². The number of carbonyl (C=O) groups is 1. The molecule has 0 saturated carbocycles. The second kappa shape index (κ2) is 6.85. The van der Waals surface area contributed by atoms with Crippen LogP contribution in [0.25, 0.3) is 10.9 Å². The Morgan fingerprint density at radius 2 is 2.07 bits per heavy atom. The highest BCUT2D eigenvalue weighted by atomic mass is 79.9. The van der Waals surface area contributed by atoms with Crippen LogP contribution in [0.4, 0.5) is 13.6 Å². The van der Waals surface area contributed by atoms with Gasteiger partial charge < -0.3 is 9.64 Å². The average molecular weight is 444 g/mol. The number of alkyl halides is 2. The molecule has 2 heterocycles. The van der Waals surface area contributed by atoms with Gasteiger partial charge in [0.15, 0.2) is 0 Å². The Bertz CT molecular complexity index is 940. The van der Waals surface area contributed by atoms with Gasteiger partial charge in [-0.2, -0.15) is 0 Å². The van der Waals surface area contributed by atoms with Crippen LogP contribution < -0.4 is 5.56 Å². The van der Waals surface area contributed by atoms with E-state index in [4.69, 9.17) is 4.74 Å². The molecule has 9 heteroatoms. The van der Waals surface area contributed by atoms with Gasteiger partial charge in [0.2, 0.25) is 0 Å². The van der Waals surface area contributed by atoms with Crippen LogP contribution in [0.2, 0.25) is 0 Å². The van der Waals surface area contributed by atoms with Crippen molar-refractivity contribution in [2.75, 3.05) is 13.1 Å². The van der Waals surface area contributed by atoms with Crippen molar-refractivity contribution in [1.82, 2.24) is 14.5 Å². The lowest BCUT2D eigenvalue weighted by atomic mass is 10.0. The van der Waals surface area contributed by atoms with Crippen molar-refractivity contribution in [3.63, 3.8) is 0 Å². The smallest absolute Gasteiger partial charge is 0.410 e. The molecule has 0 radical (unpaired) electrons. The Labute approximate surface area is 163 Å². The van der Waals surface area contributed by atoms with Gasteiger partial charge in [0.1, 0.15) is 11.6 Å². The Kier molecular flexibility index (Phi) is 5.00. The van der Waals surface area contributed by atoms with Crippen molar-refractivity contribution >= 4 is 32.9 Å². The molecule has 27 heavy (non-hydrogen) atoms. The van der Waals surface area contributed by atoms with Crippen molar-refractivity contribution < 1.29 is 18.3 Å². The lowest BCUT2D eigenvalue weighted by Crippen LogP contribution is -2.52. The number of fused-ring (bicyclic) bond motifs is 1. The van der Waals surface area contributed by atoms with Crippen LogP contribution in [0, 0.1) is 0 Å². The normalized spacial score (nSPS) is 19.9. The zero-order valence-corrected chi connectivity index (χ0v) is 16.8. The number of nitrogens with zero attached hydrogens (tertiary/aromatic N) is 3. The third-order valence-electron chi connectivity index (χ3n) is 4.33. The number of hydrogen-bond acceptors (Lipinski definition) is 4. The van der Waals surface area contributed by atoms with Gasteiger partial charge in [-0.05, 0) is 39.0 Å². The van der Waals surface area contributed by atoms with Gasteiger partial charge >= 0.3 is 6.09 Å². The summed E-state index contributed by atoms with van der Waals surface area (Å²) in [6, 6.07) is 3.33. The van der Waals surface area contributed by atoms with Gasteiger partial charge in [0.05, 0.1) is 23.8 Å². The summed E-state index contributed by atoms with van der Waals surface area (Å²) in [5.74, 6) is -3.15. The lowest BCUT2D eigenvalue weighted by Gasteiger charge is -2.39. The van der Waals surface area contributed by atoms with Crippen molar-refractivity contribution in [3.8, 4) is 0 Å². The van der Waals surface area contributed by atoms with Crippen molar-refractivity contribution in [1.29, 1.82) is 0 Å². The number of amides is 1. The lowest BCUT2D eigenvalue weighted by molar-refractivity contribution is -0.0988. The minimum atomic E-state index is -3.15. The molecule has 6 nitrogen and oxygen atoms in total. The summed E-state index contributed by atoms with van der Waals surface area (Å²) in [6.07, 6.45) is -0.107. The fourth-order valence-electron chi connectivity index (χ4n) is 3.00. The minimum absolute atomic E-state index is 0.138. The number of halogens is 3. The fraction of sp³-hybridized carbons (Fsp3) is 0.500. The summed E-state index contributed by atoms with van der Waals surface area (Å²) in [4.78, 5) is 30.4. The fourth-order valence-corrected chi connectivity index (χ4v) is 3.35. The molecule has 0 N–H and O–H groups in total. The van der Waals surface area contributed by atoms with Gasteiger partial charge in [-0.1, -0.05) is 15.9 Å². The number of hydrogen-bond donors (Lipinski definition) is 0. The zero-order valence-electron chi connectivity index (χ0n) is 15.2. The van der Waals surface area contributed by atoms with E-state index in [0.29, 0.717) is 5.52 Å². The molecule has 1 fully saturated rings. The molecule has 1 aromatic carbocycles. The van der Waals surface area contributed by atoms with E-state index in [2.05, 4.69) is 20.9 Å². The molecule has 1 aliphatic rings. The van der Waals surface area contributed by atoms with E-state index in [-0.39, 0.29) is 18.5 Å². The molecule has 1 aliphatic heterocycles. The Hall–Kier alpha value is -2.03. The van der Waals surface area contributed by atoms with Crippen LogP contribution in [0.15, 0.2) is 33.8 Å². The molecular weight excluding hydrogens is 424 g/mol. The third-order valence-corrected chi connectivity index (χ3v) is 4.82. The van der Waals surface area contributed by atoms with Gasteiger partial charge in [-0.25, -0.2) is 18.6 Å². The van der Waals surface area contributed by atoms with Gasteiger partial charge in [0.25, 0.3) is 11.5 Å². The number of likely N-dealkylation sites (tertiary alicyclic amines) is 1. The summed E-state index contributed by atoms with van der Waals surface area (Å²) in [6.45, 7) is 4.65. The molecular formula is C18H20BrF2N3O3. The Morgan fingerprint density at radius 3 is 2.74 bits per heavy atom. The molecule has 1 aromatic heterocycles. The molecule has 0 bridgehead atoms. The highest BCUT2D eigenvalue weighted by Gasteiger charge is 2.47. The minimum Gasteiger partial charge on any atom is -0.444 e. The predicted octanol–water partition coefficient (Wildman–Crippen LogP) is 3.98. The maximum Gasteiger partial charge on any atom is 0.410 e. The molecule has 1 saturated heterocycles. The van der Waals surface area contributed by atoms with E-state index in [9.17, 15) is 18.4 Å². The number of aromatic nitrogens is 2. The van der Waals surface area contributed by atoms with Crippen LogP contribution in [0.3, 0.4) is 0 Å². The van der Waals surface area contributed by atoms with Crippen molar-refractivity contribution in [3.05, 3.63) is 39.4 Å². The van der Waals surface area contributed by atoms with Crippen LogP contribution in [-0.2, 0) is 4.74 Å². The Morgan fingerprint density at radius 1 is 1.37 bits per heavy atom. The van der Waals surface area contributed by atoms with E-state index < -0.39 is 35.6 Å². The first-order chi connectivity index (χ1) is 12.5. The summed E-state index contributed by atoms with van der Waals surface area (Å²) < 4.78 is 36.1. The monoisotopic (exact) mass is 443 g/mol. The van der Waals surface area contributed by atoms with Crippen LogP contribution in [0.5, 0.6) is 0 Å². The molecule has 3 rings (SSSR count). The van der Waals surface area contributed by atoms with E-state index >= 15 is 0 Å². The van der Waals surface area contributed by atoms with Gasteiger partial charge in [-0.15, -0.1) is 0 Å². The van der Waals surface area contributed by atoms with Crippen LogP contribution >= 0.6 is 15.9 Å². The first-order valence-electron chi connectivity index (χ1n) is 8.50. The van der Waals surface area contributed by atoms with E-state index in [1.54, 1.807) is 32.9 Å². The van der Waals surface area contributed by atoms with E-state index in [1.165, 1.54) is 11.0 Å². The zero-order chi connectivity index (χ0) is 20.0. The summed E-state index contributed by atoms with van der Waals surface area (Å²) >= 11 is 3.29. The maximum absolute atomic E-state index is 14.6. The number of rotatable bonds is 1. The topological polar surface area (TPSA) is 64.4 Å². The SMILES string of the molecule is CC(C)(C)OC(=O)N1CCC(F)(F)C(n2cnc3cc(Br)ccc3c2=O)C1. The second-order valence-corrected chi connectivity index (χ2v) is 8.49. The molecule has 0 spiro atoms. The van der Waals surface area contributed by atoms with Gasteiger partial charge in [-0.3, -0.25) is 9.36 Å². The highest BCUT2D eigenvalue weighted by Crippen LogP contribution is 2.36. The molecule has 2 aromatic rings. The molecule has 0 aliphatic carbocycles. The first-order valence-corrected chi connectivity index (χ1v) is 9.29. The third kappa shape index (κ3) is 4.12. The molecule has 1 amide bonds. The molecule has 146 valence electrons. The average Bonchev–Trinajstić information content (AvgIpc) is 2.54. The quantitative estimate of drug-likeness (QED) is 0.668. The maximum atomic E-state index is 14.6. The first kappa shape index (κ1) is 19.7. The second-order valence-electron chi connectivity index (χ2n) is 7.57.